The molecule has 0 fully saturated rings. The zero-order valence-corrected chi connectivity index (χ0v) is 9.83. The fourth-order valence-electron chi connectivity index (χ4n) is 1.58. The second kappa shape index (κ2) is 5.27. The van der Waals surface area contributed by atoms with Crippen molar-refractivity contribution in [2.45, 2.75) is 6.92 Å². The summed E-state index contributed by atoms with van der Waals surface area (Å²) in [5.74, 6) is -0.446. The van der Waals surface area contributed by atoms with Crippen LogP contribution in [0, 0.1) is 0 Å². The Morgan fingerprint density at radius 2 is 2.17 bits per heavy atom. The molecule has 0 saturated carbocycles. The number of benzene rings is 1. The number of ether oxygens (including phenoxy) is 1. The number of phenols is 1. The molecule has 0 radical (unpaired) electrons. The molecule has 0 aliphatic carbocycles. The van der Waals surface area contributed by atoms with Gasteiger partial charge >= 0.3 is 5.97 Å². The Bertz CT molecular complexity index is 570. The van der Waals surface area contributed by atoms with Gasteiger partial charge in [-0.1, -0.05) is 12.1 Å². The Labute approximate surface area is 104 Å². The SMILES string of the molecule is CCOC(=O)c1cncnc1-c1ccccc1O. The third-order valence-electron chi connectivity index (χ3n) is 2.37. The van der Waals surface area contributed by atoms with Crippen molar-refractivity contribution in [3.8, 4) is 17.0 Å². The molecule has 0 aliphatic heterocycles. The van der Waals surface area contributed by atoms with E-state index in [4.69, 9.17) is 4.74 Å². The smallest absolute Gasteiger partial charge is 0.341 e. The molecule has 0 unspecified atom stereocenters. The molecule has 2 aromatic rings. The predicted molar refractivity (Wildman–Crippen MR) is 65.1 cm³/mol. The molecule has 0 aliphatic rings. The molecule has 0 saturated heterocycles. The summed E-state index contributed by atoms with van der Waals surface area (Å²) in [5, 5.41) is 9.79. The van der Waals surface area contributed by atoms with Gasteiger partial charge in [-0.25, -0.2) is 14.8 Å². The van der Waals surface area contributed by atoms with E-state index in [1.807, 2.05) is 0 Å². The molecule has 1 aromatic heterocycles. The first-order valence-corrected chi connectivity index (χ1v) is 5.49. The third-order valence-corrected chi connectivity index (χ3v) is 2.37. The van der Waals surface area contributed by atoms with Crippen molar-refractivity contribution < 1.29 is 14.6 Å². The molecule has 0 spiro atoms. The molecule has 5 heteroatoms. The highest BCUT2D eigenvalue weighted by Crippen LogP contribution is 2.29. The Morgan fingerprint density at radius 3 is 2.89 bits per heavy atom. The van der Waals surface area contributed by atoms with E-state index in [9.17, 15) is 9.90 Å². The van der Waals surface area contributed by atoms with Crippen LogP contribution in [0.5, 0.6) is 5.75 Å². The molecule has 2 rings (SSSR count). The summed E-state index contributed by atoms with van der Waals surface area (Å²) in [6.07, 6.45) is 2.71. The van der Waals surface area contributed by atoms with E-state index in [1.54, 1.807) is 25.1 Å². The number of para-hydroxylation sites is 1. The van der Waals surface area contributed by atoms with Crippen molar-refractivity contribution in [1.82, 2.24) is 9.97 Å². The largest absolute Gasteiger partial charge is 0.507 e. The summed E-state index contributed by atoms with van der Waals surface area (Å²) >= 11 is 0. The number of hydrogen-bond donors (Lipinski definition) is 1. The van der Waals surface area contributed by atoms with Gasteiger partial charge in [-0.05, 0) is 19.1 Å². The summed E-state index contributed by atoms with van der Waals surface area (Å²) in [7, 11) is 0. The highest BCUT2D eigenvalue weighted by atomic mass is 16.5. The average Bonchev–Trinajstić information content (AvgIpc) is 2.40. The van der Waals surface area contributed by atoms with E-state index in [-0.39, 0.29) is 17.9 Å². The Balaban J connectivity index is 2.52. The number of rotatable bonds is 3. The van der Waals surface area contributed by atoms with Crippen LogP contribution in [0.2, 0.25) is 0 Å². The maximum Gasteiger partial charge on any atom is 0.341 e. The fraction of sp³-hybridized carbons (Fsp3) is 0.154. The van der Waals surface area contributed by atoms with E-state index in [0.717, 1.165) is 0 Å². The Kier molecular flexibility index (Phi) is 3.52. The topological polar surface area (TPSA) is 72.3 Å². The van der Waals surface area contributed by atoms with E-state index < -0.39 is 5.97 Å². The molecule has 5 nitrogen and oxygen atoms in total. The van der Waals surface area contributed by atoms with Crippen LogP contribution in [0.25, 0.3) is 11.3 Å². The molecule has 0 amide bonds. The molecule has 1 aromatic carbocycles. The molecule has 92 valence electrons. The van der Waals surface area contributed by atoms with Gasteiger partial charge in [0.25, 0.3) is 0 Å². The van der Waals surface area contributed by atoms with Crippen LogP contribution in [0.15, 0.2) is 36.8 Å². The molecular weight excluding hydrogens is 232 g/mol. The van der Waals surface area contributed by atoms with Gasteiger partial charge in [0.15, 0.2) is 0 Å². The monoisotopic (exact) mass is 244 g/mol. The third kappa shape index (κ3) is 2.29. The van der Waals surface area contributed by atoms with Crippen LogP contribution in [-0.2, 0) is 4.74 Å². The Morgan fingerprint density at radius 1 is 1.39 bits per heavy atom. The lowest BCUT2D eigenvalue weighted by atomic mass is 10.1. The van der Waals surface area contributed by atoms with Crippen LogP contribution < -0.4 is 0 Å². The summed E-state index contributed by atoms with van der Waals surface area (Å²) in [6, 6.07) is 6.67. The lowest BCUT2D eigenvalue weighted by Gasteiger charge is -2.08. The maximum absolute atomic E-state index is 11.8. The molecule has 1 N–H and O–H groups in total. The van der Waals surface area contributed by atoms with Gasteiger partial charge < -0.3 is 9.84 Å². The van der Waals surface area contributed by atoms with Gasteiger partial charge in [0, 0.05) is 11.8 Å². The van der Waals surface area contributed by atoms with E-state index in [2.05, 4.69) is 9.97 Å². The number of phenolic OH excluding ortho intramolecular Hbond substituents is 1. The second-order valence-corrected chi connectivity index (χ2v) is 3.52. The average molecular weight is 244 g/mol. The quantitative estimate of drug-likeness (QED) is 0.836. The second-order valence-electron chi connectivity index (χ2n) is 3.52. The highest BCUT2D eigenvalue weighted by Gasteiger charge is 2.17. The number of esters is 1. The van der Waals surface area contributed by atoms with E-state index in [1.165, 1.54) is 18.6 Å². The Hall–Kier alpha value is -2.43. The van der Waals surface area contributed by atoms with Crippen LogP contribution in [-0.4, -0.2) is 27.7 Å². The van der Waals surface area contributed by atoms with Crippen molar-refractivity contribution in [3.63, 3.8) is 0 Å². The summed E-state index contributed by atoms with van der Waals surface area (Å²) in [4.78, 5) is 19.6. The molecule has 1 heterocycles. The lowest BCUT2D eigenvalue weighted by Crippen LogP contribution is -2.08. The molecular formula is C13H12N2O3. The summed E-state index contributed by atoms with van der Waals surface area (Å²) in [5.41, 5.74) is 1.07. The first-order valence-electron chi connectivity index (χ1n) is 5.49. The molecule has 0 atom stereocenters. The van der Waals surface area contributed by atoms with Gasteiger partial charge in [-0.15, -0.1) is 0 Å². The highest BCUT2D eigenvalue weighted by molar-refractivity contribution is 5.96. The maximum atomic E-state index is 11.8. The van der Waals surface area contributed by atoms with Crippen LogP contribution >= 0.6 is 0 Å². The van der Waals surface area contributed by atoms with Crippen LogP contribution in [0.3, 0.4) is 0 Å². The van der Waals surface area contributed by atoms with Gasteiger partial charge in [0.05, 0.1) is 12.3 Å². The predicted octanol–water partition coefficient (Wildman–Crippen LogP) is 2.03. The first kappa shape index (κ1) is 12.0. The van der Waals surface area contributed by atoms with Crippen molar-refractivity contribution in [1.29, 1.82) is 0 Å². The van der Waals surface area contributed by atoms with Crippen molar-refractivity contribution in [2.24, 2.45) is 0 Å². The number of aromatic hydroxyl groups is 1. The zero-order valence-electron chi connectivity index (χ0n) is 9.83. The van der Waals surface area contributed by atoms with Crippen LogP contribution in [0.4, 0.5) is 0 Å². The molecule has 18 heavy (non-hydrogen) atoms. The zero-order chi connectivity index (χ0) is 13.0. The van der Waals surface area contributed by atoms with Crippen molar-refractivity contribution in [3.05, 3.63) is 42.4 Å². The normalized spacial score (nSPS) is 10.1. The van der Waals surface area contributed by atoms with Gasteiger partial charge in [0.2, 0.25) is 0 Å². The number of carbonyl (C=O) groups excluding carboxylic acids is 1. The van der Waals surface area contributed by atoms with Crippen molar-refractivity contribution in [2.75, 3.05) is 6.61 Å². The lowest BCUT2D eigenvalue weighted by molar-refractivity contribution is 0.0526. The summed E-state index contributed by atoms with van der Waals surface area (Å²) in [6.45, 7) is 2.00. The summed E-state index contributed by atoms with van der Waals surface area (Å²) < 4.78 is 4.93. The first-order chi connectivity index (χ1) is 8.74. The number of aromatic nitrogens is 2. The van der Waals surface area contributed by atoms with E-state index >= 15 is 0 Å². The van der Waals surface area contributed by atoms with Gasteiger partial charge in [0.1, 0.15) is 17.6 Å². The van der Waals surface area contributed by atoms with Gasteiger partial charge in [-0.2, -0.15) is 0 Å². The van der Waals surface area contributed by atoms with Crippen LogP contribution in [0.1, 0.15) is 17.3 Å². The standard InChI is InChI=1S/C13H12N2O3/c1-2-18-13(17)10-7-14-8-15-12(10)9-5-3-4-6-11(9)16/h3-8,16H,2H2,1H3. The number of carbonyl (C=O) groups is 1. The minimum atomic E-state index is -0.503. The van der Waals surface area contributed by atoms with Gasteiger partial charge in [-0.3, -0.25) is 0 Å². The molecule has 0 bridgehead atoms. The van der Waals surface area contributed by atoms with Crippen molar-refractivity contribution >= 4 is 5.97 Å². The number of nitrogens with zero attached hydrogens (tertiary/aromatic N) is 2. The van der Waals surface area contributed by atoms with E-state index in [0.29, 0.717) is 11.3 Å². The minimum absolute atomic E-state index is 0.0572. The fourth-order valence-corrected chi connectivity index (χ4v) is 1.58. The number of hydrogen-bond acceptors (Lipinski definition) is 5. The minimum Gasteiger partial charge on any atom is -0.507 e.